The summed E-state index contributed by atoms with van der Waals surface area (Å²) in [4.78, 5) is 26.5. The van der Waals surface area contributed by atoms with E-state index in [-0.39, 0.29) is 5.57 Å². The molecule has 2 heterocycles. The molecule has 6 heteroatoms. The zero-order chi connectivity index (χ0) is 15.7. The third-order valence-corrected chi connectivity index (χ3v) is 4.12. The fraction of sp³-hybridized carbons (Fsp3) is 0.125. The van der Waals surface area contributed by atoms with Crippen molar-refractivity contribution in [1.82, 2.24) is 0 Å². The Balaban J connectivity index is 2.06. The molecule has 5 nitrogen and oxygen atoms in total. The van der Waals surface area contributed by atoms with Gasteiger partial charge in [-0.15, -0.1) is 11.3 Å². The van der Waals surface area contributed by atoms with Crippen LogP contribution >= 0.6 is 11.3 Å². The highest BCUT2D eigenvalue weighted by Gasteiger charge is 2.41. The third kappa shape index (κ3) is 2.17. The van der Waals surface area contributed by atoms with Crippen molar-refractivity contribution in [2.24, 2.45) is 0 Å². The van der Waals surface area contributed by atoms with Crippen LogP contribution in [0.25, 0.3) is 5.57 Å². The van der Waals surface area contributed by atoms with E-state index in [1.54, 1.807) is 41.8 Å². The van der Waals surface area contributed by atoms with Crippen molar-refractivity contribution in [3.8, 4) is 5.75 Å². The highest BCUT2D eigenvalue weighted by atomic mass is 32.1. The smallest absolute Gasteiger partial charge is 0.301 e. The van der Waals surface area contributed by atoms with E-state index in [1.807, 2.05) is 6.92 Å². The maximum absolute atomic E-state index is 12.6. The number of hydrogen-bond acceptors (Lipinski definition) is 5. The van der Waals surface area contributed by atoms with E-state index in [1.165, 1.54) is 11.3 Å². The Morgan fingerprint density at radius 2 is 1.91 bits per heavy atom. The van der Waals surface area contributed by atoms with E-state index in [4.69, 9.17) is 4.74 Å². The molecule has 0 bridgehead atoms. The molecule has 112 valence electrons. The summed E-state index contributed by atoms with van der Waals surface area (Å²) in [5.41, 5.74) is 0.365. The zero-order valence-corrected chi connectivity index (χ0v) is 12.6. The summed E-state index contributed by atoms with van der Waals surface area (Å²) in [6.07, 6.45) is 0. The number of rotatable bonds is 4. The van der Waals surface area contributed by atoms with Crippen molar-refractivity contribution in [1.29, 1.82) is 0 Å². The van der Waals surface area contributed by atoms with Crippen molar-refractivity contribution in [3.63, 3.8) is 0 Å². The Bertz CT molecular complexity index is 764. The van der Waals surface area contributed by atoms with Crippen LogP contribution in [0.2, 0.25) is 0 Å². The summed E-state index contributed by atoms with van der Waals surface area (Å²) < 4.78 is 5.46. The number of ether oxygens (including phenoxy) is 1. The van der Waals surface area contributed by atoms with Crippen LogP contribution in [0.4, 0.5) is 5.69 Å². The number of aliphatic hydroxyl groups is 1. The summed E-state index contributed by atoms with van der Waals surface area (Å²) >= 11 is 1.29. The van der Waals surface area contributed by atoms with Crippen LogP contribution in [0.15, 0.2) is 47.5 Å². The number of aliphatic hydroxyl groups excluding tert-OH is 1. The average molecular weight is 315 g/mol. The molecule has 0 fully saturated rings. The molecule has 3 rings (SSSR count). The molecule has 1 aromatic heterocycles. The SMILES string of the molecule is CCOc1ccccc1N1C(=O)C(O)=C(c2cccs2)C1=O. The molecule has 22 heavy (non-hydrogen) atoms. The van der Waals surface area contributed by atoms with Gasteiger partial charge in [-0.3, -0.25) is 9.59 Å². The van der Waals surface area contributed by atoms with Crippen LogP contribution in [0.5, 0.6) is 5.75 Å². The lowest BCUT2D eigenvalue weighted by atomic mass is 10.2. The lowest BCUT2D eigenvalue weighted by Crippen LogP contribution is -2.31. The number of para-hydroxylation sites is 2. The molecule has 1 aromatic carbocycles. The van der Waals surface area contributed by atoms with E-state index in [0.29, 0.717) is 22.9 Å². The van der Waals surface area contributed by atoms with Crippen LogP contribution in [0, 0.1) is 0 Å². The van der Waals surface area contributed by atoms with Crippen LogP contribution in [-0.4, -0.2) is 23.5 Å². The van der Waals surface area contributed by atoms with E-state index in [0.717, 1.165) is 4.90 Å². The zero-order valence-electron chi connectivity index (χ0n) is 11.8. The maximum Gasteiger partial charge on any atom is 0.301 e. The molecule has 2 aromatic rings. The Hall–Kier alpha value is -2.60. The van der Waals surface area contributed by atoms with Crippen LogP contribution in [0.3, 0.4) is 0 Å². The molecule has 1 N–H and O–H groups in total. The second kappa shape index (κ2) is 5.65. The van der Waals surface area contributed by atoms with Gasteiger partial charge >= 0.3 is 5.91 Å². The average Bonchev–Trinajstić information content (AvgIpc) is 3.09. The van der Waals surface area contributed by atoms with Gasteiger partial charge in [0.2, 0.25) is 0 Å². The first-order valence-electron chi connectivity index (χ1n) is 6.73. The van der Waals surface area contributed by atoms with E-state index in [2.05, 4.69) is 0 Å². The van der Waals surface area contributed by atoms with Gasteiger partial charge in [0.05, 0.1) is 12.3 Å². The van der Waals surface area contributed by atoms with Gasteiger partial charge in [0, 0.05) is 4.88 Å². The Morgan fingerprint density at radius 1 is 1.14 bits per heavy atom. The van der Waals surface area contributed by atoms with Crippen LogP contribution in [-0.2, 0) is 9.59 Å². The molecule has 0 unspecified atom stereocenters. The standard InChI is InChI=1S/C16H13NO4S/c1-2-21-11-7-4-3-6-10(11)17-15(19)13(14(18)16(17)20)12-8-5-9-22-12/h3-9,18H,2H2,1H3. The third-order valence-electron chi connectivity index (χ3n) is 3.23. The summed E-state index contributed by atoms with van der Waals surface area (Å²) in [5.74, 6) is -1.39. The first-order chi connectivity index (χ1) is 10.6. The molecule has 1 aliphatic heterocycles. The summed E-state index contributed by atoms with van der Waals surface area (Å²) in [7, 11) is 0. The minimum atomic E-state index is -0.736. The fourth-order valence-corrected chi connectivity index (χ4v) is 3.06. The lowest BCUT2D eigenvalue weighted by molar-refractivity contribution is -0.121. The highest BCUT2D eigenvalue weighted by molar-refractivity contribution is 7.11. The predicted octanol–water partition coefficient (Wildman–Crippen LogP) is 2.99. The Labute approximate surface area is 131 Å². The first-order valence-corrected chi connectivity index (χ1v) is 7.60. The Kier molecular flexibility index (Phi) is 3.68. The van der Waals surface area contributed by atoms with Crippen molar-refractivity contribution in [2.75, 3.05) is 11.5 Å². The van der Waals surface area contributed by atoms with Gasteiger partial charge in [-0.05, 0) is 30.5 Å². The van der Waals surface area contributed by atoms with Crippen molar-refractivity contribution in [2.45, 2.75) is 6.92 Å². The van der Waals surface area contributed by atoms with Crippen LogP contribution in [0.1, 0.15) is 11.8 Å². The van der Waals surface area contributed by atoms with Gasteiger partial charge in [-0.1, -0.05) is 18.2 Å². The molecule has 0 saturated carbocycles. The van der Waals surface area contributed by atoms with Gasteiger partial charge in [0.15, 0.2) is 5.76 Å². The molecule has 0 spiro atoms. The van der Waals surface area contributed by atoms with E-state index >= 15 is 0 Å². The summed E-state index contributed by atoms with van der Waals surface area (Å²) in [6.45, 7) is 2.22. The minimum Gasteiger partial charge on any atom is -0.502 e. The fourth-order valence-electron chi connectivity index (χ4n) is 2.30. The lowest BCUT2D eigenvalue weighted by Gasteiger charge is -2.18. The molecule has 2 amide bonds. The number of carbonyl (C=O) groups is 2. The van der Waals surface area contributed by atoms with Crippen molar-refractivity contribution < 1.29 is 19.4 Å². The molecule has 0 aliphatic carbocycles. The number of anilines is 1. The van der Waals surface area contributed by atoms with E-state index < -0.39 is 17.6 Å². The van der Waals surface area contributed by atoms with Crippen molar-refractivity contribution >= 4 is 34.4 Å². The molecule has 0 saturated heterocycles. The number of benzene rings is 1. The summed E-state index contributed by atoms with van der Waals surface area (Å²) in [5, 5.41) is 11.9. The summed E-state index contributed by atoms with van der Waals surface area (Å²) in [6, 6.07) is 10.2. The maximum atomic E-state index is 12.6. The second-order valence-electron chi connectivity index (χ2n) is 4.55. The predicted molar refractivity (Wildman–Crippen MR) is 84.0 cm³/mol. The van der Waals surface area contributed by atoms with E-state index in [9.17, 15) is 14.7 Å². The number of nitrogens with zero attached hydrogens (tertiary/aromatic N) is 1. The number of amides is 2. The first kappa shape index (κ1) is 14.3. The minimum absolute atomic E-state index is 0.0336. The monoisotopic (exact) mass is 315 g/mol. The normalized spacial score (nSPS) is 14.9. The second-order valence-corrected chi connectivity index (χ2v) is 5.50. The van der Waals surface area contributed by atoms with Gasteiger partial charge < -0.3 is 9.84 Å². The molecule has 0 radical (unpaired) electrons. The molecular formula is C16H13NO4S. The molecular weight excluding hydrogens is 302 g/mol. The largest absolute Gasteiger partial charge is 0.502 e. The van der Waals surface area contributed by atoms with Gasteiger partial charge in [0.1, 0.15) is 11.3 Å². The van der Waals surface area contributed by atoms with Gasteiger partial charge in [0.25, 0.3) is 5.91 Å². The number of imide groups is 1. The van der Waals surface area contributed by atoms with Crippen LogP contribution < -0.4 is 9.64 Å². The van der Waals surface area contributed by atoms with Gasteiger partial charge in [-0.2, -0.15) is 0 Å². The van der Waals surface area contributed by atoms with Gasteiger partial charge in [-0.25, -0.2) is 4.90 Å². The highest BCUT2D eigenvalue weighted by Crippen LogP contribution is 2.37. The molecule has 1 aliphatic rings. The quantitative estimate of drug-likeness (QED) is 0.881. The van der Waals surface area contributed by atoms with Crippen molar-refractivity contribution in [3.05, 3.63) is 52.4 Å². The number of hydrogen-bond donors (Lipinski definition) is 1. The number of carbonyl (C=O) groups excluding carboxylic acids is 2. The number of thiophene rings is 1. The Morgan fingerprint density at radius 3 is 2.59 bits per heavy atom. The topological polar surface area (TPSA) is 66.8 Å². The molecule has 0 atom stereocenters.